The summed E-state index contributed by atoms with van der Waals surface area (Å²) in [6.45, 7) is 3.03. The Morgan fingerprint density at radius 3 is 2.39 bits per heavy atom. The van der Waals surface area contributed by atoms with Gasteiger partial charge in [0, 0.05) is 16.6 Å². The molecule has 6 nitrogen and oxygen atoms in total. The van der Waals surface area contributed by atoms with Crippen LogP contribution in [0.5, 0.6) is 11.5 Å². The minimum atomic E-state index is 0.0333. The van der Waals surface area contributed by atoms with Crippen LogP contribution in [0.3, 0.4) is 0 Å². The molecule has 0 amide bonds. The standard InChI is InChI=1S/C20H20BrN3O3S/c1-3-24-19(12-27-17-10-6-15(21)7-11-17)22-23-20(24)28-13-18(25)14-4-8-16(26-2)9-5-14/h4-11H,3,12-13H2,1-2H3. The molecule has 2 aromatic carbocycles. The highest BCUT2D eigenvalue weighted by atomic mass is 79.9. The molecule has 0 aliphatic carbocycles. The van der Waals surface area contributed by atoms with Crippen LogP contribution in [0.1, 0.15) is 23.1 Å². The summed E-state index contributed by atoms with van der Waals surface area (Å²) in [4.78, 5) is 12.4. The fraction of sp³-hybridized carbons (Fsp3) is 0.250. The Morgan fingerprint density at radius 2 is 1.75 bits per heavy atom. The van der Waals surface area contributed by atoms with Crippen LogP contribution in [0.15, 0.2) is 58.2 Å². The van der Waals surface area contributed by atoms with Crippen LogP contribution in [0, 0.1) is 0 Å². The predicted molar refractivity (Wildman–Crippen MR) is 112 cm³/mol. The second-order valence-corrected chi connectivity index (χ2v) is 7.68. The number of ether oxygens (including phenoxy) is 2. The molecule has 3 aromatic rings. The summed E-state index contributed by atoms with van der Waals surface area (Å²) in [7, 11) is 1.60. The van der Waals surface area contributed by atoms with E-state index in [1.54, 1.807) is 31.4 Å². The molecule has 0 saturated carbocycles. The second-order valence-electron chi connectivity index (χ2n) is 5.83. The van der Waals surface area contributed by atoms with Crippen molar-refractivity contribution in [1.82, 2.24) is 14.8 Å². The highest BCUT2D eigenvalue weighted by Gasteiger charge is 2.14. The fourth-order valence-electron chi connectivity index (χ4n) is 2.52. The summed E-state index contributed by atoms with van der Waals surface area (Å²) in [6.07, 6.45) is 0. The van der Waals surface area contributed by atoms with Gasteiger partial charge in [-0.05, 0) is 55.5 Å². The molecule has 1 aromatic heterocycles. The van der Waals surface area contributed by atoms with E-state index in [2.05, 4.69) is 26.1 Å². The Kier molecular flexibility index (Phi) is 7.11. The zero-order valence-corrected chi connectivity index (χ0v) is 18.0. The quantitative estimate of drug-likeness (QED) is 0.342. The van der Waals surface area contributed by atoms with Crippen LogP contribution in [-0.2, 0) is 13.2 Å². The third kappa shape index (κ3) is 5.14. The molecule has 0 unspecified atom stereocenters. The van der Waals surface area contributed by atoms with Crippen molar-refractivity contribution in [2.24, 2.45) is 0 Å². The Morgan fingerprint density at radius 1 is 1.07 bits per heavy atom. The number of ketones is 1. The van der Waals surface area contributed by atoms with Gasteiger partial charge in [-0.25, -0.2) is 0 Å². The summed E-state index contributed by atoms with van der Waals surface area (Å²) in [5, 5.41) is 9.15. The number of carbonyl (C=O) groups excluding carboxylic acids is 1. The molecule has 0 atom stereocenters. The van der Waals surface area contributed by atoms with Gasteiger partial charge in [0.05, 0.1) is 12.9 Å². The van der Waals surface area contributed by atoms with Crippen LogP contribution in [0.2, 0.25) is 0 Å². The first kappa shape index (κ1) is 20.4. The van der Waals surface area contributed by atoms with Crippen molar-refractivity contribution in [1.29, 1.82) is 0 Å². The van der Waals surface area contributed by atoms with Gasteiger partial charge < -0.3 is 14.0 Å². The van der Waals surface area contributed by atoms with E-state index in [-0.39, 0.29) is 11.5 Å². The van der Waals surface area contributed by atoms with E-state index in [4.69, 9.17) is 9.47 Å². The molecule has 0 radical (unpaired) electrons. The van der Waals surface area contributed by atoms with Crippen molar-refractivity contribution >= 4 is 33.5 Å². The molecule has 146 valence electrons. The predicted octanol–water partition coefficient (Wildman–Crippen LogP) is 4.62. The lowest BCUT2D eigenvalue weighted by atomic mass is 10.1. The fourth-order valence-corrected chi connectivity index (χ4v) is 3.70. The molecule has 0 aliphatic rings. The van der Waals surface area contributed by atoms with Gasteiger partial charge >= 0.3 is 0 Å². The summed E-state index contributed by atoms with van der Waals surface area (Å²) in [5.74, 6) is 2.54. The molecule has 0 N–H and O–H groups in total. The van der Waals surface area contributed by atoms with Crippen molar-refractivity contribution < 1.29 is 14.3 Å². The molecule has 0 spiro atoms. The first-order valence-corrected chi connectivity index (χ1v) is 10.5. The number of Topliss-reactive ketones (excluding diaryl/α,β-unsaturated/α-hetero) is 1. The van der Waals surface area contributed by atoms with Gasteiger partial charge in [-0.3, -0.25) is 4.79 Å². The number of aromatic nitrogens is 3. The maximum absolute atomic E-state index is 12.4. The molecule has 0 fully saturated rings. The molecular formula is C20H20BrN3O3S. The zero-order valence-electron chi connectivity index (χ0n) is 15.6. The average molecular weight is 462 g/mol. The van der Waals surface area contributed by atoms with Crippen LogP contribution in [0.25, 0.3) is 0 Å². The molecule has 1 heterocycles. The lowest BCUT2D eigenvalue weighted by molar-refractivity contribution is 0.102. The number of benzene rings is 2. The number of hydrogen-bond acceptors (Lipinski definition) is 6. The van der Waals surface area contributed by atoms with E-state index in [9.17, 15) is 4.79 Å². The van der Waals surface area contributed by atoms with Gasteiger partial charge in [0.25, 0.3) is 0 Å². The molecular weight excluding hydrogens is 442 g/mol. The molecule has 28 heavy (non-hydrogen) atoms. The molecule has 3 rings (SSSR count). The number of thioether (sulfide) groups is 1. The summed E-state index contributed by atoms with van der Waals surface area (Å²) in [5.41, 5.74) is 0.648. The third-order valence-electron chi connectivity index (χ3n) is 4.04. The number of nitrogens with zero attached hydrogens (tertiary/aromatic N) is 3. The second kappa shape index (κ2) is 9.75. The summed E-state index contributed by atoms with van der Waals surface area (Å²) >= 11 is 4.78. The molecule has 0 saturated heterocycles. The van der Waals surface area contributed by atoms with Gasteiger partial charge in [-0.2, -0.15) is 0 Å². The van der Waals surface area contributed by atoms with Crippen LogP contribution >= 0.6 is 27.7 Å². The number of rotatable bonds is 9. The zero-order chi connectivity index (χ0) is 19.9. The average Bonchev–Trinajstić information content (AvgIpc) is 3.13. The van der Waals surface area contributed by atoms with E-state index in [1.165, 1.54) is 11.8 Å². The monoisotopic (exact) mass is 461 g/mol. The number of halogens is 1. The lowest BCUT2D eigenvalue weighted by Gasteiger charge is -2.09. The highest BCUT2D eigenvalue weighted by Crippen LogP contribution is 2.21. The van der Waals surface area contributed by atoms with E-state index in [0.29, 0.717) is 23.9 Å². The van der Waals surface area contributed by atoms with Crippen molar-refractivity contribution in [3.63, 3.8) is 0 Å². The van der Waals surface area contributed by atoms with Crippen LogP contribution < -0.4 is 9.47 Å². The van der Waals surface area contributed by atoms with E-state index in [0.717, 1.165) is 21.8 Å². The first-order valence-electron chi connectivity index (χ1n) is 8.71. The van der Waals surface area contributed by atoms with Crippen molar-refractivity contribution in [2.45, 2.75) is 25.2 Å². The van der Waals surface area contributed by atoms with E-state index < -0.39 is 0 Å². The molecule has 0 aliphatic heterocycles. The van der Waals surface area contributed by atoms with Crippen LogP contribution in [0.4, 0.5) is 0 Å². The maximum atomic E-state index is 12.4. The SMILES string of the molecule is CCn1c(COc2ccc(Br)cc2)nnc1SCC(=O)c1ccc(OC)cc1. The third-order valence-corrected chi connectivity index (χ3v) is 5.53. The Bertz CT molecular complexity index is 927. The van der Waals surface area contributed by atoms with E-state index in [1.807, 2.05) is 35.8 Å². The van der Waals surface area contributed by atoms with Gasteiger partial charge in [0.15, 0.2) is 16.8 Å². The summed E-state index contributed by atoms with van der Waals surface area (Å²) in [6, 6.07) is 14.7. The Hall–Kier alpha value is -2.32. The van der Waals surface area contributed by atoms with Gasteiger partial charge in [0.1, 0.15) is 18.1 Å². The molecule has 8 heteroatoms. The maximum Gasteiger partial charge on any atom is 0.191 e. The van der Waals surface area contributed by atoms with Gasteiger partial charge in [-0.15, -0.1) is 10.2 Å². The molecule has 0 bridgehead atoms. The highest BCUT2D eigenvalue weighted by molar-refractivity contribution is 9.10. The number of carbonyl (C=O) groups is 1. The normalized spacial score (nSPS) is 10.7. The smallest absolute Gasteiger partial charge is 0.191 e. The first-order chi connectivity index (χ1) is 13.6. The topological polar surface area (TPSA) is 66.2 Å². The van der Waals surface area contributed by atoms with Crippen LogP contribution in [-0.4, -0.2) is 33.4 Å². The minimum absolute atomic E-state index is 0.0333. The van der Waals surface area contributed by atoms with Gasteiger partial charge in [0.2, 0.25) is 0 Å². The lowest BCUT2D eigenvalue weighted by Crippen LogP contribution is -2.08. The minimum Gasteiger partial charge on any atom is -0.497 e. The van der Waals surface area contributed by atoms with Crippen molar-refractivity contribution in [3.05, 3.63) is 64.4 Å². The number of methoxy groups -OCH3 is 1. The van der Waals surface area contributed by atoms with E-state index >= 15 is 0 Å². The largest absolute Gasteiger partial charge is 0.497 e. The Balaban J connectivity index is 1.61. The van der Waals surface area contributed by atoms with Gasteiger partial charge in [-0.1, -0.05) is 27.7 Å². The van der Waals surface area contributed by atoms with Crippen molar-refractivity contribution in [2.75, 3.05) is 12.9 Å². The summed E-state index contributed by atoms with van der Waals surface area (Å²) < 4.78 is 13.9. The Labute approximate surface area is 176 Å². The number of hydrogen-bond donors (Lipinski definition) is 0. The van der Waals surface area contributed by atoms with Crippen molar-refractivity contribution in [3.8, 4) is 11.5 Å².